The highest BCUT2D eigenvalue weighted by Gasteiger charge is 2.31. The number of halogens is 2. The molecule has 2 aromatic rings. The van der Waals surface area contributed by atoms with E-state index in [0.717, 1.165) is 38.5 Å². The van der Waals surface area contributed by atoms with Crippen molar-refractivity contribution in [2.45, 2.75) is 38.3 Å². The lowest BCUT2D eigenvalue weighted by atomic mass is 10.1. The van der Waals surface area contributed by atoms with Gasteiger partial charge in [-0.15, -0.1) is 0 Å². The summed E-state index contributed by atoms with van der Waals surface area (Å²) in [6, 6.07) is 1.03. The van der Waals surface area contributed by atoms with Gasteiger partial charge in [0.05, 0.1) is 24.1 Å². The van der Waals surface area contributed by atoms with Gasteiger partial charge in [-0.3, -0.25) is 4.79 Å². The zero-order chi connectivity index (χ0) is 22.1. The van der Waals surface area contributed by atoms with Crippen molar-refractivity contribution in [1.82, 2.24) is 14.8 Å². The van der Waals surface area contributed by atoms with E-state index in [0.29, 0.717) is 6.42 Å². The standard InChI is InChI=1S/C22H27F2N3O4/c1-3-30-22(29)16-12-27(14-4-5-14)19-15(20(16)28)10-17(23)18(24)21(19)31-9-6-13-11-26(2)8-7-25-13/h10,12-14,25H,3-9,11H2,1-2H3. The third-order valence-electron chi connectivity index (χ3n) is 5.77. The van der Waals surface area contributed by atoms with Crippen LogP contribution >= 0.6 is 0 Å². The van der Waals surface area contributed by atoms with Gasteiger partial charge in [0.2, 0.25) is 11.2 Å². The number of fused-ring (bicyclic) bond motifs is 1. The van der Waals surface area contributed by atoms with E-state index in [-0.39, 0.29) is 47.5 Å². The van der Waals surface area contributed by atoms with Crippen molar-refractivity contribution in [2.75, 3.05) is 39.9 Å². The predicted molar refractivity (Wildman–Crippen MR) is 112 cm³/mol. The minimum atomic E-state index is -1.18. The Hall–Kier alpha value is -2.52. The molecular weight excluding hydrogens is 408 g/mol. The number of nitrogens with zero attached hydrogens (tertiary/aromatic N) is 2. The Morgan fingerprint density at radius 1 is 1.32 bits per heavy atom. The number of carbonyl (C=O) groups excluding carboxylic acids is 1. The summed E-state index contributed by atoms with van der Waals surface area (Å²) < 4.78 is 41.6. The lowest BCUT2D eigenvalue weighted by Gasteiger charge is -2.30. The molecule has 1 saturated carbocycles. The van der Waals surface area contributed by atoms with Crippen LogP contribution in [0.25, 0.3) is 10.9 Å². The molecule has 0 amide bonds. The monoisotopic (exact) mass is 435 g/mol. The number of ether oxygens (including phenoxy) is 2. The van der Waals surface area contributed by atoms with Crippen LogP contribution < -0.4 is 15.5 Å². The Kier molecular flexibility index (Phi) is 6.24. The van der Waals surface area contributed by atoms with E-state index in [9.17, 15) is 18.4 Å². The van der Waals surface area contributed by atoms with Crippen molar-refractivity contribution in [1.29, 1.82) is 0 Å². The van der Waals surface area contributed by atoms with Gasteiger partial charge in [-0.25, -0.2) is 9.18 Å². The van der Waals surface area contributed by atoms with Crippen molar-refractivity contribution < 1.29 is 23.0 Å². The minimum Gasteiger partial charge on any atom is -0.488 e. The molecule has 2 fully saturated rings. The van der Waals surface area contributed by atoms with E-state index in [2.05, 4.69) is 10.2 Å². The molecule has 2 heterocycles. The summed E-state index contributed by atoms with van der Waals surface area (Å²) in [7, 11) is 2.03. The molecule has 1 aliphatic carbocycles. The normalized spacial score (nSPS) is 19.5. The topological polar surface area (TPSA) is 72.8 Å². The number of hydrogen-bond donors (Lipinski definition) is 1. The Morgan fingerprint density at radius 2 is 2.10 bits per heavy atom. The van der Waals surface area contributed by atoms with Crippen LogP contribution in [0.2, 0.25) is 0 Å². The number of rotatable bonds is 7. The second-order valence-electron chi connectivity index (χ2n) is 8.18. The van der Waals surface area contributed by atoms with Crippen LogP contribution in [-0.4, -0.2) is 61.4 Å². The molecular formula is C22H27F2N3O4. The molecule has 1 atom stereocenters. The fraction of sp³-hybridized carbons (Fsp3) is 0.545. The van der Waals surface area contributed by atoms with Gasteiger partial charge in [0.15, 0.2) is 11.6 Å². The number of likely N-dealkylation sites (N-methyl/N-ethyl adjacent to an activating group) is 1. The molecule has 1 N–H and O–H groups in total. The van der Waals surface area contributed by atoms with Crippen molar-refractivity contribution in [3.63, 3.8) is 0 Å². The quantitative estimate of drug-likeness (QED) is 0.674. The maximum absolute atomic E-state index is 14.8. The SMILES string of the molecule is CCOC(=O)c1cn(C2CC2)c2c(OCCC3CN(C)CCN3)c(F)c(F)cc2c1=O. The highest BCUT2D eigenvalue weighted by Crippen LogP contribution is 2.40. The number of hydrogen-bond acceptors (Lipinski definition) is 6. The number of piperazine rings is 1. The van der Waals surface area contributed by atoms with E-state index in [1.807, 2.05) is 7.05 Å². The second-order valence-corrected chi connectivity index (χ2v) is 8.18. The van der Waals surface area contributed by atoms with Crippen molar-refractivity contribution >= 4 is 16.9 Å². The van der Waals surface area contributed by atoms with Gasteiger partial charge in [-0.05, 0) is 39.3 Å². The van der Waals surface area contributed by atoms with Crippen LogP contribution in [0.15, 0.2) is 17.1 Å². The number of nitrogens with one attached hydrogen (secondary N) is 1. The maximum atomic E-state index is 14.8. The van der Waals surface area contributed by atoms with Gasteiger partial charge >= 0.3 is 5.97 Å². The molecule has 1 aromatic carbocycles. The van der Waals surface area contributed by atoms with Gasteiger partial charge in [0.1, 0.15) is 5.56 Å². The average molecular weight is 435 g/mol. The molecule has 168 valence electrons. The molecule has 0 radical (unpaired) electrons. The van der Waals surface area contributed by atoms with Crippen molar-refractivity contribution in [2.24, 2.45) is 0 Å². The van der Waals surface area contributed by atoms with Crippen LogP contribution in [-0.2, 0) is 4.74 Å². The largest absolute Gasteiger partial charge is 0.488 e. The first-order valence-electron chi connectivity index (χ1n) is 10.7. The molecule has 2 aliphatic rings. The van der Waals surface area contributed by atoms with Gasteiger partial charge in [-0.1, -0.05) is 0 Å². The smallest absolute Gasteiger partial charge is 0.343 e. The summed E-state index contributed by atoms with van der Waals surface area (Å²) in [5.74, 6) is -3.36. The summed E-state index contributed by atoms with van der Waals surface area (Å²) in [5, 5.41) is 3.30. The first-order chi connectivity index (χ1) is 14.9. The number of esters is 1. The summed E-state index contributed by atoms with van der Waals surface area (Å²) in [6.07, 6.45) is 3.63. The molecule has 31 heavy (non-hydrogen) atoms. The molecule has 0 spiro atoms. The van der Waals surface area contributed by atoms with E-state index in [4.69, 9.17) is 9.47 Å². The molecule has 0 bridgehead atoms. The lowest BCUT2D eigenvalue weighted by molar-refractivity contribution is 0.0524. The third kappa shape index (κ3) is 4.43. The van der Waals surface area contributed by atoms with Crippen LogP contribution in [0.5, 0.6) is 5.75 Å². The third-order valence-corrected chi connectivity index (χ3v) is 5.77. The lowest BCUT2D eigenvalue weighted by Crippen LogP contribution is -2.49. The van der Waals surface area contributed by atoms with Crippen LogP contribution in [0.1, 0.15) is 42.6 Å². The fourth-order valence-electron chi connectivity index (χ4n) is 4.04. The molecule has 1 unspecified atom stereocenters. The van der Waals surface area contributed by atoms with Crippen LogP contribution in [0.3, 0.4) is 0 Å². The van der Waals surface area contributed by atoms with E-state index < -0.39 is 23.0 Å². The van der Waals surface area contributed by atoms with Gasteiger partial charge in [0, 0.05) is 37.9 Å². The predicted octanol–water partition coefficient (Wildman–Crippen LogP) is 2.46. The van der Waals surface area contributed by atoms with E-state index in [1.165, 1.54) is 6.20 Å². The van der Waals surface area contributed by atoms with E-state index >= 15 is 0 Å². The molecule has 4 rings (SSSR count). The molecule has 1 aliphatic heterocycles. The Balaban J connectivity index is 1.72. The first-order valence-corrected chi connectivity index (χ1v) is 10.7. The summed E-state index contributed by atoms with van der Waals surface area (Å²) >= 11 is 0. The Morgan fingerprint density at radius 3 is 2.77 bits per heavy atom. The summed E-state index contributed by atoms with van der Waals surface area (Å²) in [6.45, 7) is 4.56. The average Bonchev–Trinajstić information content (AvgIpc) is 3.57. The Labute approximate surface area is 178 Å². The highest BCUT2D eigenvalue weighted by atomic mass is 19.2. The van der Waals surface area contributed by atoms with Gasteiger partial charge in [0.25, 0.3) is 0 Å². The van der Waals surface area contributed by atoms with Crippen molar-refractivity contribution in [3.05, 3.63) is 39.7 Å². The second kappa shape index (κ2) is 8.92. The zero-order valence-corrected chi connectivity index (χ0v) is 17.7. The first kappa shape index (κ1) is 21.7. The van der Waals surface area contributed by atoms with Gasteiger partial charge in [-0.2, -0.15) is 4.39 Å². The fourth-order valence-corrected chi connectivity index (χ4v) is 4.04. The van der Waals surface area contributed by atoms with Crippen molar-refractivity contribution in [3.8, 4) is 5.75 Å². The molecule has 1 aromatic heterocycles. The summed E-state index contributed by atoms with van der Waals surface area (Å²) in [5.41, 5.74) is -0.689. The maximum Gasteiger partial charge on any atom is 0.343 e. The molecule has 1 saturated heterocycles. The highest BCUT2D eigenvalue weighted by molar-refractivity contribution is 5.95. The van der Waals surface area contributed by atoms with E-state index in [1.54, 1.807) is 11.5 Å². The Bertz CT molecular complexity index is 1050. The van der Waals surface area contributed by atoms with Crippen LogP contribution in [0, 0.1) is 11.6 Å². The van der Waals surface area contributed by atoms with Gasteiger partial charge < -0.3 is 24.3 Å². The molecule has 9 heteroatoms. The number of carbonyl (C=O) groups is 1. The number of pyridine rings is 1. The minimum absolute atomic E-state index is 0.00264. The number of aromatic nitrogens is 1. The van der Waals surface area contributed by atoms with Crippen LogP contribution in [0.4, 0.5) is 8.78 Å². The number of benzene rings is 1. The molecule has 7 nitrogen and oxygen atoms in total. The summed E-state index contributed by atoms with van der Waals surface area (Å²) in [4.78, 5) is 27.4. The zero-order valence-electron chi connectivity index (χ0n) is 17.7.